The maximum atomic E-state index is 6.12. The van der Waals surface area contributed by atoms with Crippen molar-refractivity contribution >= 4 is 11.0 Å². The van der Waals surface area contributed by atoms with Gasteiger partial charge in [-0.15, -0.1) is 0 Å². The molecule has 3 rings (SSSR count). The molecule has 0 bridgehead atoms. The average Bonchev–Trinajstić information content (AvgIpc) is 2.96. The van der Waals surface area contributed by atoms with Crippen LogP contribution in [0.5, 0.6) is 0 Å². The molecule has 1 saturated carbocycles. The fourth-order valence-corrected chi connectivity index (χ4v) is 3.66. The van der Waals surface area contributed by atoms with Gasteiger partial charge in [0.2, 0.25) is 0 Å². The summed E-state index contributed by atoms with van der Waals surface area (Å²) < 4.78 is 12.1. The van der Waals surface area contributed by atoms with Crippen LogP contribution in [0.25, 0.3) is 11.0 Å². The highest BCUT2D eigenvalue weighted by atomic mass is 16.5. The van der Waals surface area contributed by atoms with Crippen molar-refractivity contribution in [2.75, 3.05) is 13.7 Å². The summed E-state index contributed by atoms with van der Waals surface area (Å²) in [6.07, 6.45) is 5.96. The van der Waals surface area contributed by atoms with Crippen molar-refractivity contribution < 1.29 is 9.15 Å². The Labute approximate surface area is 126 Å². The van der Waals surface area contributed by atoms with Gasteiger partial charge in [0.1, 0.15) is 11.3 Å². The molecule has 1 aliphatic carbocycles. The number of hydrogen-bond donors (Lipinski definition) is 1. The minimum absolute atomic E-state index is 0.125. The largest absolute Gasteiger partial charge is 0.459 e. The summed E-state index contributed by atoms with van der Waals surface area (Å²) in [5, 5.41) is 4.77. The molecule has 1 atom stereocenters. The summed E-state index contributed by atoms with van der Waals surface area (Å²) in [4.78, 5) is 0. The van der Waals surface area contributed by atoms with Crippen molar-refractivity contribution in [2.24, 2.45) is 0 Å². The average molecular weight is 287 g/mol. The van der Waals surface area contributed by atoms with Crippen LogP contribution >= 0.6 is 0 Å². The van der Waals surface area contributed by atoms with Crippen LogP contribution in [0.15, 0.2) is 34.7 Å². The number of para-hydroxylation sites is 1. The molecule has 1 aromatic carbocycles. The standard InChI is InChI=1S/C18H25NO2/c1-3-19-17(18(20-2)11-7-4-8-12-18)16-13-14-9-5-6-10-15(14)21-16/h5-6,9-10,13,17,19H,3-4,7-8,11-12H2,1-2H3. The maximum absolute atomic E-state index is 6.12. The van der Waals surface area contributed by atoms with Gasteiger partial charge < -0.3 is 14.5 Å². The van der Waals surface area contributed by atoms with E-state index in [0.717, 1.165) is 36.1 Å². The van der Waals surface area contributed by atoms with Crippen LogP contribution in [0.3, 0.4) is 0 Å². The highest BCUT2D eigenvalue weighted by Gasteiger charge is 2.42. The summed E-state index contributed by atoms with van der Waals surface area (Å²) >= 11 is 0. The van der Waals surface area contributed by atoms with Crippen LogP contribution in [0.1, 0.15) is 50.8 Å². The number of nitrogens with one attached hydrogen (secondary N) is 1. The first-order valence-corrected chi connectivity index (χ1v) is 8.06. The Bertz CT molecular complexity index is 551. The van der Waals surface area contributed by atoms with Gasteiger partial charge in [-0.05, 0) is 31.5 Å². The molecule has 2 aromatic rings. The molecule has 1 fully saturated rings. The number of likely N-dealkylation sites (N-methyl/N-ethyl adjacent to an activating group) is 1. The maximum Gasteiger partial charge on any atom is 0.134 e. The third-order valence-electron chi connectivity index (χ3n) is 4.77. The monoisotopic (exact) mass is 287 g/mol. The Kier molecular flexibility index (Phi) is 4.32. The smallest absolute Gasteiger partial charge is 0.134 e. The second kappa shape index (κ2) is 6.20. The SMILES string of the molecule is CCNC(c1cc2ccccc2o1)C1(OC)CCCCC1. The molecule has 1 unspecified atom stereocenters. The first kappa shape index (κ1) is 14.6. The first-order chi connectivity index (χ1) is 10.3. The summed E-state index contributed by atoms with van der Waals surface area (Å²) in [7, 11) is 1.85. The number of methoxy groups -OCH3 is 1. The van der Waals surface area contributed by atoms with Gasteiger partial charge in [0, 0.05) is 12.5 Å². The fraction of sp³-hybridized carbons (Fsp3) is 0.556. The zero-order chi connectivity index (χ0) is 14.7. The Hall–Kier alpha value is -1.32. The second-order valence-corrected chi connectivity index (χ2v) is 6.01. The Morgan fingerprint density at radius 2 is 2.00 bits per heavy atom. The van der Waals surface area contributed by atoms with E-state index in [9.17, 15) is 0 Å². The van der Waals surface area contributed by atoms with Crippen LogP contribution in [-0.2, 0) is 4.74 Å². The van der Waals surface area contributed by atoms with Crippen LogP contribution in [0.2, 0.25) is 0 Å². The minimum Gasteiger partial charge on any atom is -0.459 e. The molecule has 3 heteroatoms. The molecular formula is C18H25NO2. The molecule has 1 aliphatic rings. The zero-order valence-corrected chi connectivity index (χ0v) is 13.0. The molecule has 21 heavy (non-hydrogen) atoms. The van der Waals surface area contributed by atoms with E-state index in [1.807, 2.05) is 19.2 Å². The summed E-state index contributed by atoms with van der Waals surface area (Å²) in [6.45, 7) is 3.05. The Morgan fingerprint density at radius 3 is 2.67 bits per heavy atom. The van der Waals surface area contributed by atoms with E-state index in [1.54, 1.807) is 0 Å². The lowest BCUT2D eigenvalue weighted by molar-refractivity contribution is -0.0726. The quantitative estimate of drug-likeness (QED) is 0.883. The van der Waals surface area contributed by atoms with E-state index in [-0.39, 0.29) is 11.6 Å². The van der Waals surface area contributed by atoms with Crippen molar-refractivity contribution in [3.63, 3.8) is 0 Å². The highest BCUT2D eigenvalue weighted by molar-refractivity contribution is 5.77. The molecule has 0 saturated heterocycles. The first-order valence-electron chi connectivity index (χ1n) is 8.06. The third kappa shape index (κ3) is 2.72. The fourth-order valence-electron chi connectivity index (χ4n) is 3.66. The van der Waals surface area contributed by atoms with Gasteiger partial charge in [-0.3, -0.25) is 0 Å². The number of hydrogen-bond acceptors (Lipinski definition) is 3. The van der Waals surface area contributed by atoms with Crippen molar-refractivity contribution in [1.82, 2.24) is 5.32 Å². The number of furan rings is 1. The predicted molar refractivity (Wildman–Crippen MR) is 85.5 cm³/mol. The highest BCUT2D eigenvalue weighted by Crippen LogP contribution is 2.42. The lowest BCUT2D eigenvalue weighted by Gasteiger charge is -2.41. The van der Waals surface area contributed by atoms with Gasteiger partial charge in [-0.1, -0.05) is 44.4 Å². The molecule has 0 amide bonds. The van der Waals surface area contributed by atoms with E-state index in [4.69, 9.17) is 9.15 Å². The van der Waals surface area contributed by atoms with E-state index < -0.39 is 0 Å². The summed E-state index contributed by atoms with van der Waals surface area (Å²) in [5.74, 6) is 1.00. The van der Waals surface area contributed by atoms with E-state index in [0.29, 0.717) is 0 Å². The lowest BCUT2D eigenvalue weighted by Crippen LogP contribution is -2.46. The van der Waals surface area contributed by atoms with Crippen molar-refractivity contribution in [3.8, 4) is 0 Å². The van der Waals surface area contributed by atoms with Crippen LogP contribution in [-0.4, -0.2) is 19.3 Å². The second-order valence-electron chi connectivity index (χ2n) is 6.01. The van der Waals surface area contributed by atoms with Crippen molar-refractivity contribution in [1.29, 1.82) is 0 Å². The molecule has 1 aromatic heterocycles. The molecule has 0 radical (unpaired) electrons. The molecule has 3 nitrogen and oxygen atoms in total. The molecule has 0 aliphatic heterocycles. The number of rotatable bonds is 5. The van der Waals surface area contributed by atoms with Gasteiger partial charge >= 0.3 is 0 Å². The van der Waals surface area contributed by atoms with E-state index >= 15 is 0 Å². The Balaban J connectivity index is 1.99. The molecule has 1 N–H and O–H groups in total. The summed E-state index contributed by atoms with van der Waals surface area (Å²) in [5.41, 5.74) is 0.819. The van der Waals surface area contributed by atoms with Crippen molar-refractivity contribution in [3.05, 3.63) is 36.1 Å². The van der Waals surface area contributed by atoms with Gasteiger partial charge in [0.25, 0.3) is 0 Å². The Morgan fingerprint density at radius 1 is 1.24 bits per heavy atom. The predicted octanol–water partition coefficient (Wildman–Crippen LogP) is 4.43. The topological polar surface area (TPSA) is 34.4 Å². The van der Waals surface area contributed by atoms with Gasteiger partial charge in [-0.2, -0.15) is 0 Å². The van der Waals surface area contributed by atoms with Crippen LogP contribution in [0.4, 0.5) is 0 Å². The third-order valence-corrected chi connectivity index (χ3v) is 4.77. The minimum atomic E-state index is -0.137. The molecule has 114 valence electrons. The summed E-state index contributed by atoms with van der Waals surface area (Å²) in [6, 6.07) is 10.5. The normalized spacial score (nSPS) is 19.7. The molecule has 1 heterocycles. The van der Waals surface area contributed by atoms with Gasteiger partial charge in [0.05, 0.1) is 11.6 Å². The molecular weight excluding hydrogens is 262 g/mol. The van der Waals surface area contributed by atoms with Crippen molar-refractivity contribution in [2.45, 2.75) is 50.7 Å². The van der Waals surface area contributed by atoms with Gasteiger partial charge in [-0.25, -0.2) is 0 Å². The number of ether oxygens (including phenoxy) is 1. The number of benzene rings is 1. The zero-order valence-electron chi connectivity index (χ0n) is 13.0. The van der Waals surface area contributed by atoms with Crippen LogP contribution < -0.4 is 5.32 Å². The van der Waals surface area contributed by atoms with E-state index in [2.05, 4.69) is 30.4 Å². The molecule has 0 spiro atoms. The van der Waals surface area contributed by atoms with Crippen LogP contribution in [0, 0.1) is 0 Å². The lowest BCUT2D eigenvalue weighted by atomic mass is 9.78. The van der Waals surface area contributed by atoms with Gasteiger partial charge in [0.15, 0.2) is 0 Å². The van der Waals surface area contributed by atoms with E-state index in [1.165, 1.54) is 19.3 Å². The number of fused-ring (bicyclic) bond motifs is 1.